The van der Waals surface area contributed by atoms with E-state index in [1.54, 1.807) is 17.2 Å². The van der Waals surface area contributed by atoms with Crippen LogP contribution in [0.2, 0.25) is 5.02 Å². The van der Waals surface area contributed by atoms with E-state index in [1.807, 2.05) is 6.07 Å². The van der Waals surface area contributed by atoms with Gasteiger partial charge in [-0.25, -0.2) is 4.98 Å². The SMILES string of the molecule is O=C1c2cc3c(n2CCN1c1nccc(Cl)c1C1OCC1O)CCCC3. The number of pyridine rings is 1. The predicted octanol–water partition coefficient (Wildman–Crippen LogP) is 2.51. The molecule has 1 saturated heterocycles. The molecule has 0 aromatic carbocycles. The molecule has 7 heteroatoms. The number of hydrogen-bond donors (Lipinski definition) is 1. The molecule has 1 fully saturated rings. The summed E-state index contributed by atoms with van der Waals surface area (Å²) < 4.78 is 7.67. The van der Waals surface area contributed by atoms with E-state index in [9.17, 15) is 9.90 Å². The van der Waals surface area contributed by atoms with E-state index in [0.717, 1.165) is 25.1 Å². The number of anilines is 1. The fourth-order valence-electron chi connectivity index (χ4n) is 4.31. The van der Waals surface area contributed by atoms with Crippen molar-refractivity contribution in [3.05, 3.63) is 45.9 Å². The minimum absolute atomic E-state index is 0.0597. The standard InChI is InChI=1S/C19H20ClN3O3/c20-12-5-6-21-18(16(12)17-15(24)10-26-17)23-8-7-22-13-4-2-1-3-11(13)9-14(22)19(23)25/h5-6,9,15,17,24H,1-4,7-8,10H2. The van der Waals surface area contributed by atoms with E-state index >= 15 is 0 Å². The van der Waals surface area contributed by atoms with E-state index in [0.29, 0.717) is 22.9 Å². The lowest BCUT2D eigenvalue weighted by Gasteiger charge is -2.37. The summed E-state index contributed by atoms with van der Waals surface area (Å²) in [6.07, 6.45) is 4.92. The average molecular weight is 374 g/mol. The molecule has 1 amide bonds. The van der Waals surface area contributed by atoms with Gasteiger partial charge >= 0.3 is 0 Å². The van der Waals surface area contributed by atoms with Gasteiger partial charge in [-0.2, -0.15) is 0 Å². The third-order valence-electron chi connectivity index (χ3n) is 5.67. The number of amides is 1. The van der Waals surface area contributed by atoms with Crippen LogP contribution in [0.1, 0.15) is 46.3 Å². The molecular weight excluding hydrogens is 354 g/mol. The van der Waals surface area contributed by atoms with Crippen LogP contribution in [0, 0.1) is 0 Å². The van der Waals surface area contributed by atoms with E-state index in [1.165, 1.54) is 24.1 Å². The summed E-state index contributed by atoms with van der Waals surface area (Å²) in [6, 6.07) is 3.71. The molecule has 0 bridgehead atoms. The maximum absolute atomic E-state index is 13.2. The summed E-state index contributed by atoms with van der Waals surface area (Å²) in [7, 11) is 0. The normalized spacial score (nSPS) is 24.8. The van der Waals surface area contributed by atoms with Crippen molar-refractivity contribution in [3.8, 4) is 0 Å². The maximum atomic E-state index is 13.2. The molecule has 5 rings (SSSR count). The molecule has 2 aromatic heterocycles. The number of aliphatic hydroxyl groups excluding tert-OH is 1. The molecule has 26 heavy (non-hydrogen) atoms. The molecule has 1 N–H and O–H groups in total. The Morgan fingerprint density at radius 3 is 2.88 bits per heavy atom. The van der Waals surface area contributed by atoms with Crippen LogP contribution in [-0.2, 0) is 24.1 Å². The Labute approximate surface area is 156 Å². The number of ether oxygens (including phenoxy) is 1. The van der Waals surface area contributed by atoms with Crippen LogP contribution in [0.3, 0.4) is 0 Å². The van der Waals surface area contributed by atoms with E-state index < -0.39 is 12.2 Å². The molecule has 0 radical (unpaired) electrons. The lowest BCUT2D eigenvalue weighted by molar-refractivity contribution is -0.165. The molecule has 0 saturated carbocycles. The zero-order chi connectivity index (χ0) is 17.8. The molecule has 0 spiro atoms. The van der Waals surface area contributed by atoms with Crippen LogP contribution in [0.4, 0.5) is 5.82 Å². The lowest BCUT2D eigenvalue weighted by Crippen LogP contribution is -2.44. The van der Waals surface area contributed by atoms with Gasteiger partial charge in [-0.05, 0) is 43.4 Å². The second-order valence-electron chi connectivity index (χ2n) is 7.17. The number of rotatable bonds is 2. The first-order valence-electron chi connectivity index (χ1n) is 9.12. The molecule has 3 aliphatic rings. The lowest BCUT2D eigenvalue weighted by atomic mass is 9.98. The fourth-order valence-corrected chi connectivity index (χ4v) is 4.56. The first-order chi connectivity index (χ1) is 12.6. The quantitative estimate of drug-likeness (QED) is 0.878. The minimum Gasteiger partial charge on any atom is -0.388 e. The number of aliphatic hydroxyl groups is 1. The van der Waals surface area contributed by atoms with Gasteiger partial charge in [0.2, 0.25) is 0 Å². The summed E-state index contributed by atoms with van der Waals surface area (Å²) in [5, 5.41) is 10.5. The molecular formula is C19H20ClN3O3. The topological polar surface area (TPSA) is 67.6 Å². The number of aromatic nitrogens is 2. The Kier molecular flexibility index (Phi) is 3.81. The highest BCUT2D eigenvalue weighted by atomic mass is 35.5. The second-order valence-corrected chi connectivity index (χ2v) is 7.58. The number of fused-ring (bicyclic) bond motifs is 3. The van der Waals surface area contributed by atoms with Crippen molar-refractivity contribution in [2.45, 2.75) is 44.4 Å². The Hall–Kier alpha value is -1.89. The largest absolute Gasteiger partial charge is 0.388 e. The van der Waals surface area contributed by atoms with Gasteiger partial charge in [0.05, 0.1) is 11.6 Å². The second kappa shape index (κ2) is 6.08. The first-order valence-corrected chi connectivity index (χ1v) is 9.50. The van der Waals surface area contributed by atoms with Crippen molar-refractivity contribution in [1.29, 1.82) is 0 Å². The zero-order valence-corrected chi connectivity index (χ0v) is 15.1. The summed E-state index contributed by atoms with van der Waals surface area (Å²) in [5.41, 5.74) is 3.95. The molecule has 6 nitrogen and oxygen atoms in total. The van der Waals surface area contributed by atoms with Gasteiger partial charge in [0.15, 0.2) is 0 Å². The van der Waals surface area contributed by atoms with Gasteiger partial charge in [-0.1, -0.05) is 11.6 Å². The minimum atomic E-state index is -0.619. The van der Waals surface area contributed by atoms with Gasteiger partial charge in [0.1, 0.15) is 23.7 Å². The number of aryl methyl sites for hydroxylation is 1. The van der Waals surface area contributed by atoms with Crippen LogP contribution < -0.4 is 4.90 Å². The average Bonchev–Trinajstić information content (AvgIpc) is 3.02. The number of nitrogens with zero attached hydrogens (tertiary/aromatic N) is 3. The van der Waals surface area contributed by atoms with Crippen molar-refractivity contribution in [1.82, 2.24) is 9.55 Å². The Bertz CT molecular complexity index is 894. The summed E-state index contributed by atoms with van der Waals surface area (Å²) in [6.45, 7) is 1.56. The highest BCUT2D eigenvalue weighted by Crippen LogP contribution is 2.40. The van der Waals surface area contributed by atoms with Crippen LogP contribution in [0.25, 0.3) is 0 Å². The van der Waals surface area contributed by atoms with E-state index in [2.05, 4.69) is 9.55 Å². The zero-order valence-electron chi connectivity index (χ0n) is 14.3. The molecule has 2 aliphatic heterocycles. The van der Waals surface area contributed by atoms with Gasteiger partial charge < -0.3 is 14.4 Å². The maximum Gasteiger partial charge on any atom is 0.276 e. The first kappa shape index (κ1) is 16.3. The van der Waals surface area contributed by atoms with Crippen molar-refractivity contribution in [2.24, 2.45) is 0 Å². The molecule has 2 unspecified atom stereocenters. The van der Waals surface area contributed by atoms with Crippen LogP contribution in [0.5, 0.6) is 0 Å². The Balaban J connectivity index is 1.56. The molecule has 4 heterocycles. The molecule has 136 valence electrons. The van der Waals surface area contributed by atoms with Crippen LogP contribution >= 0.6 is 11.6 Å². The number of carbonyl (C=O) groups is 1. The van der Waals surface area contributed by atoms with Crippen molar-refractivity contribution >= 4 is 23.3 Å². The van der Waals surface area contributed by atoms with Gasteiger partial charge in [-0.3, -0.25) is 9.69 Å². The molecule has 2 atom stereocenters. The van der Waals surface area contributed by atoms with Crippen LogP contribution in [-0.4, -0.2) is 39.8 Å². The highest BCUT2D eigenvalue weighted by Gasteiger charge is 2.39. The number of halogens is 1. The van der Waals surface area contributed by atoms with Gasteiger partial charge in [0, 0.05) is 30.5 Å². The monoisotopic (exact) mass is 373 g/mol. The van der Waals surface area contributed by atoms with Crippen molar-refractivity contribution < 1.29 is 14.6 Å². The third-order valence-corrected chi connectivity index (χ3v) is 6.00. The predicted molar refractivity (Wildman–Crippen MR) is 96.7 cm³/mol. The molecule has 1 aliphatic carbocycles. The van der Waals surface area contributed by atoms with E-state index in [-0.39, 0.29) is 12.5 Å². The van der Waals surface area contributed by atoms with Gasteiger partial charge in [0.25, 0.3) is 5.91 Å². The molecule has 2 aromatic rings. The number of hydrogen-bond acceptors (Lipinski definition) is 4. The Morgan fingerprint density at radius 1 is 1.27 bits per heavy atom. The third kappa shape index (κ3) is 2.32. The van der Waals surface area contributed by atoms with Gasteiger partial charge in [-0.15, -0.1) is 0 Å². The smallest absolute Gasteiger partial charge is 0.276 e. The summed E-state index contributed by atoms with van der Waals surface area (Å²) in [5.74, 6) is 0.437. The highest BCUT2D eigenvalue weighted by molar-refractivity contribution is 6.32. The summed E-state index contributed by atoms with van der Waals surface area (Å²) in [4.78, 5) is 19.3. The van der Waals surface area contributed by atoms with Crippen LogP contribution in [0.15, 0.2) is 18.3 Å². The number of carbonyl (C=O) groups excluding carboxylic acids is 1. The van der Waals surface area contributed by atoms with Crippen molar-refractivity contribution in [2.75, 3.05) is 18.1 Å². The van der Waals surface area contributed by atoms with E-state index in [4.69, 9.17) is 16.3 Å². The Morgan fingerprint density at radius 2 is 2.12 bits per heavy atom. The fraction of sp³-hybridized carbons (Fsp3) is 0.474. The summed E-state index contributed by atoms with van der Waals surface area (Å²) >= 11 is 6.38. The van der Waals surface area contributed by atoms with Crippen molar-refractivity contribution in [3.63, 3.8) is 0 Å².